The van der Waals surface area contributed by atoms with E-state index in [4.69, 9.17) is 11.6 Å². The van der Waals surface area contributed by atoms with E-state index in [0.717, 1.165) is 18.6 Å². The number of benzene rings is 1. The van der Waals surface area contributed by atoms with Gasteiger partial charge in [-0.05, 0) is 18.6 Å². The molecule has 0 aliphatic rings. The van der Waals surface area contributed by atoms with Gasteiger partial charge in [0.05, 0.1) is 6.42 Å². The van der Waals surface area contributed by atoms with Gasteiger partial charge < -0.3 is 4.90 Å². The molecule has 0 N–H and O–H groups in total. The molecule has 1 aromatic rings. The summed E-state index contributed by atoms with van der Waals surface area (Å²) in [6.45, 7) is 2.87. The van der Waals surface area contributed by atoms with E-state index in [2.05, 4.69) is 0 Å². The van der Waals surface area contributed by atoms with E-state index < -0.39 is 11.6 Å². The molecular formula is C13H16ClF2NO. The normalized spacial score (nSPS) is 10.4. The average Bonchev–Trinajstić information content (AvgIpc) is 2.33. The lowest BCUT2D eigenvalue weighted by Crippen LogP contribution is -2.35. The number of rotatable bonds is 6. The van der Waals surface area contributed by atoms with Crippen LogP contribution in [0.3, 0.4) is 0 Å². The predicted molar refractivity (Wildman–Crippen MR) is 67.7 cm³/mol. The summed E-state index contributed by atoms with van der Waals surface area (Å²) in [5.41, 5.74) is -0.182. The maximum Gasteiger partial charge on any atom is 0.227 e. The molecule has 0 aromatic heterocycles. The van der Waals surface area contributed by atoms with Gasteiger partial charge in [0.15, 0.2) is 0 Å². The standard InChI is InChI=1S/C13H16ClF2NO/c1-2-7-17(8-6-14)13(18)9-10-11(15)4-3-5-12(10)16/h3-5H,2,6-9H2,1H3. The van der Waals surface area contributed by atoms with Crippen molar-refractivity contribution in [2.45, 2.75) is 19.8 Å². The minimum Gasteiger partial charge on any atom is -0.341 e. The Morgan fingerprint density at radius 2 is 1.89 bits per heavy atom. The topological polar surface area (TPSA) is 20.3 Å². The van der Waals surface area contributed by atoms with E-state index in [1.54, 1.807) is 0 Å². The highest BCUT2D eigenvalue weighted by molar-refractivity contribution is 6.18. The molecule has 0 heterocycles. The first kappa shape index (κ1) is 14.9. The van der Waals surface area contributed by atoms with Crippen LogP contribution in [-0.4, -0.2) is 29.8 Å². The summed E-state index contributed by atoms with van der Waals surface area (Å²) in [7, 11) is 0. The Kier molecular flexibility index (Phi) is 6.05. The third-order valence-electron chi connectivity index (χ3n) is 2.59. The molecule has 0 atom stereocenters. The highest BCUT2D eigenvalue weighted by Crippen LogP contribution is 2.14. The molecule has 1 aromatic carbocycles. The summed E-state index contributed by atoms with van der Waals surface area (Å²) in [5, 5.41) is 0. The summed E-state index contributed by atoms with van der Waals surface area (Å²) >= 11 is 5.60. The fraction of sp³-hybridized carbons (Fsp3) is 0.462. The van der Waals surface area contributed by atoms with Gasteiger partial charge in [-0.25, -0.2) is 8.78 Å². The van der Waals surface area contributed by atoms with Crippen molar-refractivity contribution in [3.05, 3.63) is 35.4 Å². The van der Waals surface area contributed by atoms with Gasteiger partial charge in [0, 0.05) is 24.5 Å². The number of amides is 1. The van der Waals surface area contributed by atoms with Crippen LogP contribution in [0.2, 0.25) is 0 Å². The van der Waals surface area contributed by atoms with Crippen LogP contribution < -0.4 is 0 Å². The second-order valence-electron chi connectivity index (χ2n) is 3.95. The van der Waals surface area contributed by atoms with E-state index in [0.29, 0.717) is 19.0 Å². The monoisotopic (exact) mass is 275 g/mol. The third-order valence-corrected chi connectivity index (χ3v) is 2.76. The minimum atomic E-state index is -0.689. The molecule has 0 saturated heterocycles. The van der Waals surface area contributed by atoms with Gasteiger partial charge in [-0.1, -0.05) is 13.0 Å². The fourth-order valence-electron chi connectivity index (χ4n) is 1.70. The zero-order valence-corrected chi connectivity index (χ0v) is 11.0. The highest BCUT2D eigenvalue weighted by Gasteiger charge is 2.17. The van der Waals surface area contributed by atoms with Gasteiger partial charge in [0.25, 0.3) is 0 Å². The summed E-state index contributed by atoms with van der Waals surface area (Å²) < 4.78 is 26.8. The number of hydrogen-bond donors (Lipinski definition) is 0. The van der Waals surface area contributed by atoms with Crippen molar-refractivity contribution in [2.75, 3.05) is 19.0 Å². The quantitative estimate of drug-likeness (QED) is 0.731. The summed E-state index contributed by atoms with van der Waals surface area (Å²) in [5.74, 6) is -1.37. The molecule has 1 rings (SSSR count). The molecule has 0 spiro atoms. The van der Waals surface area contributed by atoms with E-state index in [1.807, 2.05) is 6.92 Å². The second-order valence-corrected chi connectivity index (χ2v) is 4.32. The van der Waals surface area contributed by atoms with Gasteiger partial charge in [-0.3, -0.25) is 4.79 Å². The van der Waals surface area contributed by atoms with Crippen LogP contribution in [0.4, 0.5) is 8.78 Å². The van der Waals surface area contributed by atoms with Gasteiger partial charge in [-0.2, -0.15) is 0 Å². The molecule has 0 fully saturated rings. The van der Waals surface area contributed by atoms with Crippen molar-refractivity contribution in [3.8, 4) is 0 Å². The van der Waals surface area contributed by atoms with Crippen molar-refractivity contribution in [1.29, 1.82) is 0 Å². The van der Waals surface area contributed by atoms with E-state index in [1.165, 1.54) is 11.0 Å². The highest BCUT2D eigenvalue weighted by atomic mass is 35.5. The molecule has 100 valence electrons. The lowest BCUT2D eigenvalue weighted by atomic mass is 10.1. The first-order chi connectivity index (χ1) is 8.60. The lowest BCUT2D eigenvalue weighted by molar-refractivity contribution is -0.130. The van der Waals surface area contributed by atoms with Crippen LogP contribution in [0.5, 0.6) is 0 Å². The van der Waals surface area contributed by atoms with Crippen LogP contribution in [0, 0.1) is 11.6 Å². The third kappa shape index (κ3) is 3.95. The predicted octanol–water partition coefficient (Wildman–Crippen LogP) is 2.98. The Hall–Kier alpha value is -1.16. The number of carbonyl (C=O) groups is 1. The average molecular weight is 276 g/mol. The van der Waals surface area contributed by atoms with Crippen molar-refractivity contribution in [3.63, 3.8) is 0 Å². The van der Waals surface area contributed by atoms with Crippen molar-refractivity contribution >= 4 is 17.5 Å². The maximum atomic E-state index is 13.4. The Morgan fingerprint density at radius 3 is 2.39 bits per heavy atom. The number of nitrogens with zero attached hydrogens (tertiary/aromatic N) is 1. The smallest absolute Gasteiger partial charge is 0.227 e. The molecule has 0 aliphatic carbocycles. The Balaban J connectivity index is 2.79. The van der Waals surface area contributed by atoms with Crippen molar-refractivity contribution < 1.29 is 13.6 Å². The van der Waals surface area contributed by atoms with Crippen LogP contribution in [0.25, 0.3) is 0 Å². The number of alkyl halides is 1. The molecular weight excluding hydrogens is 260 g/mol. The Bertz CT molecular complexity index is 386. The molecule has 5 heteroatoms. The maximum absolute atomic E-state index is 13.4. The molecule has 0 bridgehead atoms. The first-order valence-electron chi connectivity index (χ1n) is 5.86. The lowest BCUT2D eigenvalue weighted by Gasteiger charge is -2.21. The van der Waals surface area contributed by atoms with Crippen LogP contribution in [0.1, 0.15) is 18.9 Å². The molecule has 0 radical (unpaired) electrons. The summed E-state index contributed by atoms with van der Waals surface area (Å²) in [4.78, 5) is 13.5. The largest absolute Gasteiger partial charge is 0.341 e. The summed E-state index contributed by atoms with van der Waals surface area (Å²) in [6, 6.07) is 3.58. The number of hydrogen-bond acceptors (Lipinski definition) is 1. The van der Waals surface area contributed by atoms with Crippen LogP contribution >= 0.6 is 11.6 Å². The molecule has 2 nitrogen and oxygen atoms in total. The second kappa shape index (κ2) is 7.31. The van der Waals surface area contributed by atoms with Gasteiger partial charge in [-0.15, -0.1) is 11.6 Å². The molecule has 0 unspecified atom stereocenters. The van der Waals surface area contributed by atoms with Gasteiger partial charge >= 0.3 is 0 Å². The molecule has 1 amide bonds. The fourth-order valence-corrected chi connectivity index (χ4v) is 1.90. The molecule has 0 aliphatic heterocycles. The molecule has 18 heavy (non-hydrogen) atoms. The van der Waals surface area contributed by atoms with Crippen molar-refractivity contribution in [1.82, 2.24) is 4.90 Å². The van der Waals surface area contributed by atoms with E-state index in [9.17, 15) is 13.6 Å². The Morgan fingerprint density at radius 1 is 1.28 bits per heavy atom. The van der Waals surface area contributed by atoms with E-state index >= 15 is 0 Å². The van der Waals surface area contributed by atoms with Crippen molar-refractivity contribution in [2.24, 2.45) is 0 Å². The summed E-state index contributed by atoms with van der Waals surface area (Å²) in [6.07, 6.45) is 0.512. The number of carbonyl (C=O) groups excluding carboxylic acids is 1. The zero-order chi connectivity index (χ0) is 13.5. The van der Waals surface area contributed by atoms with E-state index in [-0.39, 0.29) is 17.9 Å². The number of halogens is 3. The van der Waals surface area contributed by atoms with Gasteiger partial charge in [0.2, 0.25) is 5.91 Å². The minimum absolute atomic E-state index is 0.182. The zero-order valence-electron chi connectivity index (χ0n) is 10.3. The SMILES string of the molecule is CCCN(CCCl)C(=O)Cc1c(F)cccc1F. The Labute approximate surface area is 111 Å². The molecule has 0 saturated carbocycles. The van der Waals surface area contributed by atoms with Crippen LogP contribution in [0.15, 0.2) is 18.2 Å². The van der Waals surface area contributed by atoms with Gasteiger partial charge in [0.1, 0.15) is 11.6 Å². The first-order valence-corrected chi connectivity index (χ1v) is 6.40. The van der Waals surface area contributed by atoms with Crippen LogP contribution in [-0.2, 0) is 11.2 Å².